The van der Waals surface area contributed by atoms with Gasteiger partial charge in [0.2, 0.25) is 0 Å². The molecule has 0 bridgehead atoms. The van der Waals surface area contributed by atoms with Crippen molar-refractivity contribution in [3.8, 4) is 33.4 Å². The minimum atomic E-state index is -0.471. The Hall–Kier alpha value is -4.05. The fraction of sp³-hybridized carbons (Fsp3) is 0.325. The summed E-state index contributed by atoms with van der Waals surface area (Å²) >= 11 is 5.27. The largest absolute Gasteiger partial charge is 0.490 e. The zero-order valence-corrected chi connectivity index (χ0v) is 30.5. The number of carbonyl (C=O) groups excluding carboxylic acids is 1. The molecule has 4 aromatic carbocycles. The number of rotatable bonds is 9. The molecule has 0 N–H and O–H groups in total. The van der Waals surface area contributed by atoms with Crippen molar-refractivity contribution >= 4 is 43.4 Å². The predicted molar refractivity (Wildman–Crippen MR) is 199 cm³/mol. The Kier molecular flexibility index (Phi) is 9.85. The summed E-state index contributed by atoms with van der Waals surface area (Å²) in [7, 11) is 0. The number of ether oxygens (including phenoxy) is 4. The molecule has 1 saturated heterocycles. The average Bonchev–Trinajstić information content (AvgIpc) is 3.43. The molecule has 49 heavy (non-hydrogen) atoms. The third kappa shape index (κ3) is 8.23. The lowest BCUT2D eigenvalue weighted by Gasteiger charge is -2.46. The summed E-state index contributed by atoms with van der Waals surface area (Å²) in [6.45, 7) is 9.36. The van der Waals surface area contributed by atoms with E-state index >= 15 is 0 Å². The first kappa shape index (κ1) is 33.4. The number of hydrogen-bond acceptors (Lipinski definition) is 7. The van der Waals surface area contributed by atoms with Crippen LogP contribution in [-0.2, 0) is 11.3 Å². The van der Waals surface area contributed by atoms with E-state index in [0.717, 1.165) is 79.5 Å². The van der Waals surface area contributed by atoms with Crippen LogP contribution >= 0.6 is 27.3 Å². The first-order chi connectivity index (χ1) is 23.7. The van der Waals surface area contributed by atoms with Crippen LogP contribution in [0.3, 0.4) is 0 Å². The maximum Gasteiger partial charge on any atom is 0.410 e. The molecular formula is C40H41BrN2O5S. The topological polar surface area (TPSA) is 60.5 Å². The summed E-state index contributed by atoms with van der Waals surface area (Å²) in [4.78, 5) is 17.8. The number of benzene rings is 4. The van der Waals surface area contributed by atoms with Gasteiger partial charge >= 0.3 is 6.09 Å². The van der Waals surface area contributed by atoms with E-state index in [2.05, 4.69) is 69.4 Å². The third-order valence-electron chi connectivity index (χ3n) is 8.87. The van der Waals surface area contributed by atoms with Gasteiger partial charge in [0.05, 0.1) is 4.88 Å². The predicted octanol–water partition coefficient (Wildman–Crippen LogP) is 10.2. The average molecular weight is 742 g/mol. The Morgan fingerprint density at radius 2 is 1.51 bits per heavy atom. The number of thiophene rings is 1. The molecule has 1 aliphatic heterocycles. The first-order valence-corrected chi connectivity index (χ1v) is 18.4. The van der Waals surface area contributed by atoms with E-state index in [9.17, 15) is 4.79 Å². The van der Waals surface area contributed by atoms with Crippen LogP contribution in [0, 0.1) is 0 Å². The highest BCUT2D eigenvalue weighted by Crippen LogP contribution is 2.47. The van der Waals surface area contributed by atoms with E-state index in [1.54, 1.807) is 11.3 Å². The minimum Gasteiger partial charge on any atom is -0.490 e. The second-order valence-corrected chi connectivity index (χ2v) is 15.6. The molecule has 0 atom stereocenters. The van der Waals surface area contributed by atoms with Gasteiger partial charge in [0.15, 0.2) is 5.75 Å². The molecule has 7 rings (SSSR count). The summed E-state index contributed by atoms with van der Waals surface area (Å²) in [5, 5.41) is 1.04. The summed E-state index contributed by atoms with van der Waals surface area (Å²) in [5.41, 5.74) is 1.76. The normalized spacial score (nSPS) is 18.2. The number of nitrogens with zero attached hydrogens (tertiary/aromatic N) is 2. The van der Waals surface area contributed by atoms with Gasteiger partial charge in [-0.1, -0.05) is 58.4 Å². The second-order valence-electron chi connectivity index (χ2n) is 13.6. The smallest absolute Gasteiger partial charge is 0.410 e. The van der Waals surface area contributed by atoms with Crippen LogP contribution in [0.4, 0.5) is 4.79 Å². The van der Waals surface area contributed by atoms with Crippen LogP contribution in [0.25, 0.3) is 20.5 Å². The molecule has 2 heterocycles. The number of amides is 1. The van der Waals surface area contributed by atoms with E-state index in [4.69, 9.17) is 18.9 Å². The van der Waals surface area contributed by atoms with Crippen molar-refractivity contribution in [1.29, 1.82) is 0 Å². The maximum atomic E-state index is 12.4. The Bertz CT molecular complexity index is 1870. The Morgan fingerprint density at radius 1 is 0.837 bits per heavy atom. The molecule has 1 saturated carbocycles. The van der Waals surface area contributed by atoms with Crippen molar-refractivity contribution in [2.45, 2.75) is 58.0 Å². The van der Waals surface area contributed by atoms with Gasteiger partial charge in [-0.3, -0.25) is 4.90 Å². The lowest BCUT2D eigenvalue weighted by Crippen LogP contribution is -2.57. The van der Waals surface area contributed by atoms with Crippen molar-refractivity contribution in [3.63, 3.8) is 0 Å². The molecule has 0 radical (unpaired) electrons. The number of carbonyl (C=O) groups is 1. The van der Waals surface area contributed by atoms with Gasteiger partial charge in [0.25, 0.3) is 0 Å². The van der Waals surface area contributed by atoms with Gasteiger partial charge in [0, 0.05) is 59.6 Å². The fourth-order valence-electron chi connectivity index (χ4n) is 6.20. The fourth-order valence-corrected chi connectivity index (χ4v) is 7.63. The van der Waals surface area contributed by atoms with Crippen LogP contribution in [0.1, 0.15) is 39.2 Å². The van der Waals surface area contributed by atoms with E-state index < -0.39 is 5.60 Å². The molecule has 1 amide bonds. The van der Waals surface area contributed by atoms with Gasteiger partial charge in [-0.25, -0.2) is 4.79 Å². The van der Waals surface area contributed by atoms with Gasteiger partial charge in [-0.05, 0) is 86.5 Å². The molecular weight excluding hydrogens is 700 g/mol. The standard InChI is InChI=1S/C40H41BrN2O5S/c1-40(2,3)48-39(44)43-21-19-42(20-22-43)30-23-34(24-30)46-31-13-15-32(16-14-31)47-37-35-18-17-33(45-26-27-7-5-4-6-8-27)25-36(35)49-38(37)28-9-11-29(41)12-10-28/h4-18,25,30,34H,19-24,26H2,1-3H3/t30-,34-. The van der Waals surface area contributed by atoms with E-state index in [1.165, 1.54) is 0 Å². The minimum absolute atomic E-state index is 0.184. The lowest BCUT2D eigenvalue weighted by molar-refractivity contribution is -0.0180. The SMILES string of the molecule is CC(C)(C)OC(=O)N1CCN([C@H]2C[C@H](Oc3ccc(Oc4c(-c5ccc(Br)cc5)sc5cc(OCc6ccccc6)ccc45)cc3)C2)CC1. The molecule has 1 aliphatic carbocycles. The quantitative estimate of drug-likeness (QED) is 0.150. The van der Waals surface area contributed by atoms with Crippen LogP contribution < -0.4 is 14.2 Å². The molecule has 0 unspecified atom stereocenters. The van der Waals surface area contributed by atoms with Crippen molar-refractivity contribution in [2.24, 2.45) is 0 Å². The molecule has 0 spiro atoms. The van der Waals surface area contributed by atoms with Crippen LogP contribution in [-0.4, -0.2) is 59.8 Å². The van der Waals surface area contributed by atoms with Crippen LogP contribution in [0.2, 0.25) is 0 Å². The monoisotopic (exact) mass is 740 g/mol. The van der Waals surface area contributed by atoms with Gasteiger partial charge in [-0.2, -0.15) is 0 Å². The number of hydrogen-bond donors (Lipinski definition) is 0. The molecule has 2 aliphatic rings. The summed E-state index contributed by atoms with van der Waals surface area (Å²) < 4.78 is 26.8. The van der Waals surface area contributed by atoms with Gasteiger partial charge in [0.1, 0.15) is 35.6 Å². The first-order valence-electron chi connectivity index (χ1n) is 16.8. The molecule has 9 heteroatoms. The summed E-state index contributed by atoms with van der Waals surface area (Å²) in [6.07, 6.45) is 1.94. The maximum absolute atomic E-state index is 12.4. The number of piperazine rings is 1. The molecule has 7 nitrogen and oxygen atoms in total. The molecule has 5 aromatic rings. The van der Waals surface area contributed by atoms with Gasteiger partial charge in [-0.15, -0.1) is 11.3 Å². The highest BCUT2D eigenvalue weighted by molar-refractivity contribution is 9.10. The zero-order valence-electron chi connectivity index (χ0n) is 28.1. The van der Waals surface area contributed by atoms with Crippen LogP contribution in [0.5, 0.6) is 23.0 Å². The Morgan fingerprint density at radius 3 is 2.20 bits per heavy atom. The molecule has 254 valence electrons. The van der Waals surface area contributed by atoms with Crippen molar-refractivity contribution in [1.82, 2.24) is 9.80 Å². The zero-order chi connectivity index (χ0) is 34.0. The molecule has 1 aromatic heterocycles. The molecule has 2 fully saturated rings. The van der Waals surface area contributed by atoms with E-state index in [0.29, 0.717) is 25.7 Å². The summed E-state index contributed by atoms with van der Waals surface area (Å²) in [6, 6.07) is 33.2. The van der Waals surface area contributed by atoms with Crippen molar-refractivity contribution < 1.29 is 23.7 Å². The van der Waals surface area contributed by atoms with E-state index in [-0.39, 0.29) is 12.2 Å². The summed E-state index contributed by atoms with van der Waals surface area (Å²) in [5.74, 6) is 3.26. The van der Waals surface area contributed by atoms with Gasteiger partial charge < -0.3 is 23.8 Å². The lowest BCUT2D eigenvalue weighted by atomic mass is 9.87. The Balaban J connectivity index is 0.978. The number of fused-ring (bicyclic) bond motifs is 1. The third-order valence-corrected chi connectivity index (χ3v) is 10.6. The van der Waals surface area contributed by atoms with Crippen molar-refractivity contribution in [2.75, 3.05) is 26.2 Å². The Labute approximate surface area is 300 Å². The van der Waals surface area contributed by atoms with Crippen molar-refractivity contribution in [3.05, 3.63) is 107 Å². The van der Waals surface area contributed by atoms with E-state index in [1.807, 2.05) is 74.2 Å². The second kappa shape index (κ2) is 14.4. The van der Waals surface area contributed by atoms with Crippen LogP contribution in [0.15, 0.2) is 102 Å². The highest BCUT2D eigenvalue weighted by Gasteiger charge is 2.37. The number of halogens is 1. The highest BCUT2D eigenvalue weighted by atomic mass is 79.9.